The number of ether oxygens (including phenoxy) is 1. The molecular formula is C18H23NO2. The number of nitrogens with one attached hydrogen (secondary N) is 1. The molecule has 2 N–H and O–H groups in total. The second-order valence-electron chi connectivity index (χ2n) is 5.68. The predicted octanol–water partition coefficient (Wildman–Crippen LogP) is 3.79. The quantitative estimate of drug-likeness (QED) is 0.848. The number of benzene rings is 2. The van der Waals surface area contributed by atoms with Crippen LogP contribution in [0.3, 0.4) is 0 Å². The lowest BCUT2D eigenvalue weighted by Gasteiger charge is -2.25. The molecule has 0 fully saturated rings. The lowest BCUT2D eigenvalue weighted by atomic mass is 9.96. The van der Waals surface area contributed by atoms with Crippen LogP contribution < -0.4 is 10.1 Å². The number of anilines is 1. The predicted molar refractivity (Wildman–Crippen MR) is 86.7 cm³/mol. The Bertz CT molecular complexity index is 547. The maximum atomic E-state index is 10.5. The zero-order chi connectivity index (χ0) is 15.3. The molecule has 2 aromatic rings. The molecule has 0 saturated heterocycles. The molecule has 112 valence electrons. The lowest BCUT2D eigenvalue weighted by molar-refractivity contribution is 0.0715. The van der Waals surface area contributed by atoms with Gasteiger partial charge in [0.1, 0.15) is 11.4 Å². The molecular weight excluding hydrogens is 262 g/mol. The average Bonchev–Trinajstić information content (AvgIpc) is 2.47. The van der Waals surface area contributed by atoms with Crippen LogP contribution in [0.4, 0.5) is 5.69 Å². The van der Waals surface area contributed by atoms with E-state index in [0.717, 1.165) is 17.0 Å². The van der Waals surface area contributed by atoms with Crippen molar-refractivity contribution in [3.8, 4) is 5.75 Å². The number of hydrogen-bond acceptors (Lipinski definition) is 3. The van der Waals surface area contributed by atoms with Crippen LogP contribution in [-0.4, -0.2) is 17.8 Å². The molecule has 0 amide bonds. The maximum Gasteiger partial charge on any atom is 0.119 e. The van der Waals surface area contributed by atoms with Crippen LogP contribution in [0.5, 0.6) is 5.75 Å². The fourth-order valence-electron chi connectivity index (χ4n) is 2.10. The summed E-state index contributed by atoms with van der Waals surface area (Å²) in [5.41, 5.74) is 0.952. The molecule has 1 atom stereocenters. The monoisotopic (exact) mass is 285 g/mol. The molecule has 0 saturated carbocycles. The van der Waals surface area contributed by atoms with Gasteiger partial charge >= 0.3 is 0 Å². The van der Waals surface area contributed by atoms with E-state index in [1.807, 2.05) is 75.4 Å². The largest absolute Gasteiger partial charge is 0.491 e. The van der Waals surface area contributed by atoms with Gasteiger partial charge in [0, 0.05) is 12.2 Å². The maximum absolute atomic E-state index is 10.5. The van der Waals surface area contributed by atoms with E-state index in [4.69, 9.17) is 4.74 Å². The van der Waals surface area contributed by atoms with E-state index in [1.54, 1.807) is 0 Å². The summed E-state index contributed by atoms with van der Waals surface area (Å²) >= 11 is 0. The molecule has 0 heterocycles. The highest BCUT2D eigenvalue weighted by molar-refractivity contribution is 5.47. The van der Waals surface area contributed by atoms with Crippen LogP contribution in [0.2, 0.25) is 0 Å². The summed E-state index contributed by atoms with van der Waals surface area (Å²) in [5, 5.41) is 13.8. The molecule has 0 aliphatic heterocycles. The summed E-state index contributed by atoms with van der Waals surface area (Å²) in [6.07, 6.45) is 0.169. The molecule has 0 aromatic heterocycles. The van der Waals surface area contributed by atoms with E-state index >= 15 is 0 Å². The van der Waals surface area contributed by atoms with Crippen molar-refractivity contribution in [2.75, 3.05) is 11.9 Å². The van der Waals surface area contributed by atoms with E-state index in [-0.39, 0.29) is 6.10 Å². The van der Waals surface area contributed by atoms with Gasteiger partial charge in [-0.3, -0.25) is 0 Å². The van der Waals surface area contributed by atoms with Crippen LogP contribution in [0.1, 0.15) is 26.3 Å². The Morgan fingerprint density at radius 1 is 1.05 bits per heavy atom. The molecule has 3 heteroatoms. The van der Waals surface area contributed by atoms with E-state index in [2.05, 4.69) is 5.32 Å². The van der Waals surface area contributed by atoms with Crippen LogP contribution in [-0.2, 0) is 5.60 Å². The average molecular weight is 285 g/mol. The molecule has 21 heavy (non-hydrogen) atoms. The van der Waals surface area contributed by atoms with Gasteiger partial charge in [-0.25, -0.2) is 0 Å². The molecule has 0 aliphatic rings. The standard InChI is InChI=1S/C18H23NO2/c1-14(2)21-17-11-9-16(10-12-17)19-13-18(3,20)15-7-5-4-6-8-15/h4-12,14,19-20H,13H2,1-3H3. The van der Waals surface area contributed by atoms with Crippen LogP contribution in [0.25, 0.3) is 0 Å². The first kappa shape index (κ1) is 15.4. The topological polar surface area (TPSA) is 41.5 Å². The van der Waals surface area contributed by atoms with Crippen LogP contribution >= 0.6 is 0 Å². The van der Waals surface area contributed by atoms with E-state index in [9.17, 15) is 5.11 Å². The van der Waals surface area contributed by atoms with Crippen molar-refractivity contribution in [1.82, 2.24) is 0 Å². The van der Waals surface area contributed by atoms with Gasteiger partial charge in [-0.1, -0.05) is 30.3 Å². The van der Waals surface area contributed by atoms with Gasteiger partial charge in [0.25, 0.3) is 0 Å². The Labute approximate surface area is 126 Å². The highest BCUT2D eigenvalue weighted by Crippen LogP contribution is 2.22. The van der Waals surface area contributed by atoms with Crippen molar-refractivity contribution < 1.29 is 9.84 Å². The second-order valence-corrected chi connectivity index (χ2v) is 5.68. The summed E-state index contributed by atoms with van der Waals surface area (Å²) in [5.74, 6) is 0.852. The van der Waals surface area contributed by atoms with Crippen molar-refractivity contribution in [2.24, 2.45) is 0 Å². The third-order valence-corrected chi connectivity index (χ3v) is 3.26. The van der Waals surface area contributed by atoms with Gasteiger partial charge in [0.05, 0.1) is 6.10 Å². The number of hydrogen-bond donors (Lipinski definition) is 2. The van der Waals surface area contributed by atoms with Gasteiger partial charge in [-0.05, 0) is 50.6 Å². The van der Waals surface area contributed by atoms with Crippen LogP contribution in [0.15, 0.2) is 54.6 Å². The summed E-state index contributed by atoms with van der Waals surface area (Å²) in [6.45, 7) is 6.26. The molecule has 3 nitrogen and oxygen atoms in total. The number of aliphatic hydroxyl groups is 1. The first-order chi connectivity index (χ1) is 9.97. The van der Waals surface area contributed by atoms with Gasteiger partial charge in [0.2, 0.25) is 0 Å². The van der Waals surface area contributed by atoms with Crippen molar-refractivity contribution >= 4 is 5.69 Å². The molecule has 0 radical (unpaired) electrons. The van der Waals surface area contributed by atoms with Gasteiger partial charge in [0.15, 0.2) is 0 Å². The molecule has 1 unspecified atom stereocenters. The zero-order valence-electron chi connectivity index (χ0n) is 12.8. The molecule has 2 aromatic carbocycles. The van der Waals surface area contributed by atoms with E-state index in [0.29, 0.717) is 6.54 Å². The van der Waals surface area contributed by atoms with Gasteiger partial charge in [-0.2, -0.15) is 0 Å². The fourth-order valence-corrected chi connectivity index (χ4v) is 2.10. The minimum absolute atomic E-state index is 0.169. The fraction of sp³-hybridized carbons (Fsp3) is 0.333. The van der Waals surface area contributed by atoms with Crippen molar-refractivity contribution in [3.63, 3.8) is 0 Å². The molecule has 0 bridgehead atoms. The third kappa shape index (κ3) is 4.50. The summed E-state index contributed by atoms with van der Waals surface area (Å²) in [7, 11) is 0. The Hall–Kier alpha value is -2.00. The van der Waals surface area contributed by atoms with Gasteiger partial charge in [-0.15, -0.1) is 0 Å². The highest BCUT2D eigenvalue weighted by Gasteiger charge is 2.22. The van der Waals surface area contributed by atoms with Crippen molar-refractivity contribution in [3.05, 3.63) is 60.2 Å². The van der Waals surface area contributed by atoms with Crippen molar-refractivity contribution in [1.29, 1.82) is 0 Å². The number of rotatable bonds is 6. The first-order valence-corrected chi connectivity index (χ1v) is 7.26. The van der Waals surface area contributed by atoms with E-state index in [1.165, 1.54) is 0 Å². The Morgan fingerprint density at radius 2 is 1.67 bits per heavy atom. The Kier molecular flexibility index (Phi) is 4.86. The van der Waals surface area contributed by atoms with Crippen LogP contribution in [0, 0.1) is 0 Å². The van der Waals surface area contributed by atoms with Crippen molar-refractivity contribution in [2.45, 2.75) is 32.5 Å². The summed E-state index contributed by atoms with van der Waals surface area (Å²) < 4.78 is 5.61. The van der Waals surface area contributed by atoms with E-state index < -0.39 is 5.60 Å². The highest BCUT2D eigenvalue weighted by atomic mass is 16.5. The Balaban J connectivity index is 1.96. The Morgan fingerprint density at radius 3 is 2.24 bits per heavy atom. The summed E-state index contributed by atoms with van der Waals surface area (Å²) in [6, 6.07) is 17.4. The normalized spacial score (nSPS) is 13.8. The zero-order valence-corrected chi connectivity index (χ0v) is 12.8. The second kappa shape index (κ2) is 6.64. The lowest BCUT2D eigenvalue weighted by Crippen LogP contribution is -2.30. The minimum atomic E-state index is -0.908. The smallest absolute Gasteiger partial charge is 0.119 e. The molecule has 0 spiro atoms. The first-order valence-electron chi connectivity index (χ1n) is 7.26. The third-order valence-electron chi connectivity index (χ3n) is 3.26. The summed E-state index contributed by atoms with van der Waals surface area (Å²) in [4.78, 5) is 0. The van der Waals surface area contributed by atoms with Gasteiger partial charge < -0.3 is 15.2 Å². The molecule has 2 rings (SSSR count). The molecule has 0 aliphatic carbocycles. The SMILES string of the molecule is CC(C)Oc1ccc(NCC(C)(O)c2ccccc2)cc1. The minimum Gasteiger partial charge on any atom is -0.491 e.